The van der Waals surface area contributed by atoms with Crippen LogP contribution in [0.3, 0.4) is 0 Å². The van der Waals surface area contributed by atoms with E-state index in [0.29, 0.717) is 5.56 Å². The van der Waals surface area contributed by atoms with Crippen LogP contribution >= 0.6 is 50.3 Å². The molecule has 98 valence electrons. The Labute approximate surface area is 137 Å². The summed E-state index contributed by atoms with van der Waals surface area (Å²) in [5, 5.41) is 9.16. The lowest BCUT2D eigenvalue weighted by Gasteiger charge is -2.07. The Hall–Kier alpha value is -0.530. The van der Waals surface area contributed by atoms with Gasteiger partial charge >= 0.3 is 5.97 Å². The Balaban J connectivity index is 2.16. The summed E-state index contributed by atoms with van der Waals surface area (Å²) in [6, 6.07) is 13.5. The molecule has 2 rings (SSSR count). The van der Waals surface area contributed by atoms with Gasteiger partial charge in [0.05, 0.1) is 5.56 Å². The number of rotatable bonds is 4. The van der Waals surface area contributed by atoms with Crippen molar-refractivity contribution in [2.45, 2.75) is 10.6 Å². The molecule has 0 saturated heterocycles. The minimum absolute atomic E-state index is 0.346. The minimum atomic E-state index is -0.891. The number of halogens is 2. The third-order valence-electron chi connectivity index (χ3n) is 2.48. The fraction of sp³-hybridized carbons (Fsp3) is 0.0714. The van der Waals surface area contributed by atoms with E-state index in [1.165, 1.54) is 20.9 Å². The average Bonchev–Trinajstić information content (AvgIpc) is 2.38. The molecule has 0 amide bonds. The van der Waals surface area contributed by atoms with Crippen LogP contribution < -0.4 is 0 Å². The van der Waals surface area contributed by atoms with Gasteiger partial charge in [0.15, 0.2) is 0 Å². The molecule has 0 unspecified atom stereocenters. The molecule has 0 spiro atoms. The van der Waals surface area contributed by atoms with Crippen molar-refractivity contribution in [3.63, 3.8) is 0 Å². The van der Waals surface area contributed by atoms with E-state index in [-0.39, 0.29) is 0 Å². The molecule has 0 bridgehead atoms. The van der Waals surface area contributed by atoms with Crippen LogP contribution in [0, 0.1) is 3.57 Å². The van der Waals surface area contributed by atoms with Crippen molar-refractivity contribution in [2.75, 3.05) is 0 Å². The Morgan fingerprint density at radius 2 is 1.89 bits per heavy atom. The van der Waals surface area contributed by atoms with Gasteiger partial charge < -0.3 is 5.11 Å². The van der Waals surface area contributed by atoms with Gasteiger partial charge in [0, 0.05) is 18.7 Å². The van der Waals surface area contributed by atoms with Crippen LogP contribution in [0.5, 0.6) is 0 Å². The molecule has 2 aromatic rings. The molecule has 5 heteroatoms. The van der Waals surface area contributed by atoms with Crippen molar-refractivity contribution >= 4 is 56.3 Å². The van der Waals surface area contributed by atoms with E-state index in [4.69, 9.17) is 5.11 Å². The summed E-state index contributed by atoms with van der Waals surface area (Å²) in [6.07, 6.45) is 0. The van der Waals surface area contributed by atoms with Gasteiger partial charge in [-0.1, -0.05) is 28.1 Å². The molecule has 2 nitrogen and oxygen atoms in total. The lowest BCUT2D eigenvalue weighted by molar-refractivity contribution is 0.0693. The van der Waals surface area contributed by atoms with Gasteiger partial charge in [0.25, 0.3) is 0 Å². The van der Waals surface area contributed by atoms with Crippen LogP contribution in [-0.2, 0) is 5.75 Å². The second kappa shape index (κ2) is 6.76. The molecule has 0 saturated carbocycles. The van der Waals surface area contributed by atoms with E-state index in [9.17, 15) is 4.79 Å². The van der Waals surface area contributed by atoms with Crippen LogP contribution in [-0.4, -0.2) is 11.1 Å². The number of carboxylic acids is 1. The largest absolute Gasteiger partial charge is 0.478 e. The standard InChI is InChI=1S/C14H10BrIO2S/c15-10-3-6-12(14(17)18)13(7-10)19-8-9-1-4-11(16)5-2-9/h1-7H,8H2,(H,17,18). The highest BCUT2D eigenvalue weighted by molar-refractivity contribution is 14.1. The average molecular weight is 449 g/mol. The Morgan fingerprint density at radius 3 is 2.53 bits per heavy atom. The molecular weight excluding hydrogens is 439 g/mol. The van der Waals surface area contributed by atoms with Crippen LogP contribution in [0.15, 0.2) is 51.8 Å². The first-order chi connectivity index (χ1) is 9.06. The lowest BCUT2D eigenvalue weighted by atomic mass is 10.2. The fourth-order valence-electron chi connectivity index (χ4n) is 1.53. The normalized spacial score (nSPS) is 10.4. The summed E-state index contributed by atoms with van der Waals surface area (Å²) in [7, 11) is 0. The van der Waals surface area contributed by atoms with E-state index in [1.54, 1.807) is 12.1 Å². The second-order valence-corrected chi connectivity index (χ2v) is 7.04. The zero-order valence-corrected chi connectivity index (χ0v) is 14.3. The number of carboxylic acid groups (broad SMARTS) is 1. The Morgan fingerprint density at radius 1 is 1.21 bits per heavy atom. The lowest BCUT2D eigenvalue weighted by Crippen LogP contribution is -1.98. The molecular formula is C14H10BrIO2S. The van der Waals surface area contributed by atoms with Crippen LogP contribution in [0.2, 0.25) is 0 Å². The molecule has 1 N–H and O–H groups in total. The quantitative estimate of drug-likeness (QED) is 0.525. The number of aromatic carboxylic acids is 1. The Bertz CT molecular complexity index is 599. The first kappa shape index (κ1) is 14.9. The van der Waals surface area contributed by atoms with Crippen molar-refractivity contribution in [1.29, 1.82) is 0 Å². The van der Waals surface area contributed by atoms with E-state index in [1.807, 2.05) is 6.07 Å². The number of benzene rings is 2. The zero-order valence-electron chi connectivity index (χ0n) is 9.77. The number of thioether (sulfide) groups is 1. The zero-order chi connectivity index (χ0) is 13.8. The van der Waals surface area contributed by atoms with E-state index < -0.39 is 5.97 Å². The van der Waals surface area contributed by atoms with Gasteiger partial charge in [0.1, 0.15) is 0 Å². The highest BCUT2D eigenvalue weighted by Crippen LogP contribution is 2.29. The maximum atomic E-state index is 11.2. The predicted octanol–water partition coefficient (Wildman–Crippen LogP) is 5.04. The van der Waals surface area contributed by atoms with Gasteiger partial charge in [-0.05, 0) is 58.5 Å². The molecule has 0 aromatic heterocycles. The molecule has 0 aliphatic rings. The summed E-state index contributed by atoms with van der Waals surface area (Å²) in [6.45, 7) is 0. The van der Waals surface area contributed by atoms with Gasteiger partial charge in [-0.25, -0.2) is 4.79 Å². The third kappa shape index (κ3) is 4.22. The maximum Gasteiger partial charge on any atom is 0.336 e. The van der Waals surface area contributed by atoms with Crippen molar-refractivity contribution < 1.29 is 9.90 Å². The van der Waals surface area contributed by atoms with Crippen molar-refractivity contribution in [3.8, 4) is 0 Å². The van der Waals surface area contributed by atoms with Gasteiger partial charge in [-0.2, -0.15) is 0 Å². The van der Waals surface area contributed by atoms with E-state index in [0.717, 1.165) is 15.1 Å². The topological polar surface area (TPSA) is 37.3 Å². The van der Waals surface area contributed by atoms with Crippen LogP contribution in [0.1, 0.15) is 15.9 Å². The summed E-state index contributed by atoms with van der Waals surface area (Å²) in [5.74, 6) is -0.134. The monoisotopic (exact) mass is 448 g/mol. The van der Waals surface area contributed by atoms with Crippen LogP contribution in [0.25, 0.3) is 0 Å². The Kier molecular flexibility index (Phi) is 5.29. The summed E-state index contributed by atoms with van der Waals surface area (Å²) < 4.78 is 2.09. The first-order valence-electron chi connectivity index (χ1n) is 5.46. The highest BCUT2D eigenvalue weighted by atomic mass is 127. The SMILES string of the molecule is O=C(O)c1ccc(Br)cc1SCc1ccc(I)cc1. The summed E-state index contributed by atoms with van der Waals surface area (Å²) in [5.41, 5.74) is 1.53. The van der Waals surface area contributed by atoms with Crippen LogP contribution in [0.4, 0.5) is 0 Å². The molecule has 19 heavy (non-hydrogen) atoms. The molecule has 0 heterocycles. The van der Waals surface area contributed by atoms with E-state index >= 15 is 0 Å². The maximum absolute atomic E-state index is 11.2. The number of carbonyl (C=O) groups is 1. The van der Waals surface area contributed by atoms with Crippen molar-refractivity contribution in [1.82, 2.24) is 0 Å². The fourth-order valence-corrected chi connectivity index (χ4v) is 3.44. The molecule has 0 aliphatic heterocycles. The first-order valence-corrected chi connectivity index (χ1v) is 8.32. The van der Waals surface area contributed by atoms with Gasteiger partial charge in [-0.15, -0.1) is 11.8 Å². The minimum Gasteiger partial charge on any atom is -0.478 e. The van der Waals surface area contributed by atoms with Crippen molar-refractivity contribution in [3.05, 3.63) is 61.6 Å². The van der Waals surface area contributed by atoms with Gasteiger partial charge in [0.2, 0.25) is 0 Å². The predicted molar refractivity (Wildman–Crippen MR) is 89.8 cm³/mol. The summed E-state index contributed by atoms with van der Waals surface area (Å²) >= 11 is 7.17. The third-order valence-corrected chi connectivity index (χ3v) is 4.82. The number of hydrogen-bond acceptors (Lipinski definition) is 2. The summed E-state index contributed by atoms with van der Waals surface area (Å²) in [4.78, 5) is 11.9. The smallest absolute Gasteiger partial charge is 0.336 e. The van der Waals surface area contributed by atoms with Gasteiger partial charge in [-0.3, -0.25) is 0 Å². The second-order valence-electron chi connectivity index (χ2n) is 3.86. The molecule has 0 atom stereocenters. The number of hydrogen-bond donors (Lipinski definition) is 1. The highest BCUT2D eigenvalue weighted by Gasteiger charge is 2.10. The van der Waals surface area contributed by atoms with E-state index in [2.05, 4.69) is 62.8 Å². The molecule has 2 aromatic carbocycles. The molecule has 0 fully saturated rings. The van der Waals surface area contributed by atoms with Crippen molar-refractivity contribution in [2.24, 2.45) is 0 Å². The molecule has 0 aliphatic carbocycles. The molecule has 0 radical (unpaired) electrons.